The van der Waals surface area contributed by atoms with E-state index in [9.17, 15) is 18.0 Å². The second-order valence-electron chi connectivity index (χ2n) is 7.22. The van der Waals surface area contributed by atoms with Gasteiger partial charge in [-0.15, -0.1) is 0 Å². The lowest BCUT2D eigenvalue weighted by Gasteiger charge is -2.21. The van der Waals surface area contributed by atoms with Crippen LogP contribution in [-0.2, 0) is 14.8 Å². The van der Waals surface area contributed by atoms with Gasteiger partial charge >= 0.3 is 11.9 Å². The average molecular weight is 401 g/mol. The van der Waals surface area contributed by atoms with Crippen LogP contribution in [0.1, 0.15) is 80.2 Å². The second kappa shape index (κ2) is 9.29. The minimum absolute atomic E-state index is 0.0614. The van der Waals surface area contributed by atoms with Gasteiger partial charge in [0.1, 0.15) is 0 Å². The Hall–Kier alpha value is -1.97. The molecule has 1 fully saturated rings. The first-order valence-electron chi connectivity index (χ1n) is 9.22. The lowest BCUT2D eigenvalue weighted by atomic mass is 9.84. The zero-order valence-corrected chi connectivity index (χ0v) is 16.6. The number of carboxylic acids is 1. The summed E-state index contributed by atoms with van der Waals surface area (Å²) in [6.07, 6.45) is 9.41. The molecule has 0 saturated heterocycles. The van der Waals surface area contributed by atoms with Crippen molar-refractivity contribution in [1.29, 1.82) is 0 Å². The molecule has 0 aliphatic heterocycles. The highest BCUT2D eigenvalue weighted by Crippen LogP contribution is 2.31. The van der Waals surface area contributed by atoms with E-state index in [0.717, 1.165) is 26.1 Å². The molecule has 1 aliphatic carbocycles. The van der Waals surface area contributed by atoms with E-state index in [1.54, 1.807) is 0 Å². The summed E-state index contributed by atoms with van der Waals surface area (Å²) >= 11 is 0. The molecule has 0 spiro atoms. The Kier molecular flexibility index (Phi) is 7.34. The fourth-order valence-electron chi connectivity index (χ4n) is 3.43. The van der Waals surface area contributed by atoms with Gasteiger partial charge in [-0.2, -0.15) is 4.98 Å². The molecular formula is C17H27N3O6S. The molecule has 1 N–H and O–H groups in total. The number of hydrogen-bond donors (Lipinski definition) is 1. The largest absolute Gasteiger partial charge is 0.481 e. The summed E-state index contributed by atoms with van der Waals surface area (Å²) < 4.78 is 28.5. The van der Waals surface area contributed by atoms with Gasteiger partial charge in [0.15, 0.2) is 0 Å². The van der Waals surface area contributed by atoms with E-state index < -0.39 is 27.8 Å². The van der Waals surface area contributed by atoms with Crippen molar-refractivity contribution in [3.05, 3.63) is 11.7 Å². The average Bonchev–Trinajstić information content (AvgIpc) is 3.09. The number of nitrogens with zero attached hydrogens (tertiary/aromatic N) is 3. The van der Waals surface area contributed by atoms with E-state index in [1.807, 2.05) is 0 Å². The number of aliphatic carboxylic acids is 1. The first kappa shape index (κ1) is 21.3. The monoisotopic (exact) mass is 401 g/mol. The Morgan fingerprint density at radius 2 is 1.96 bits per heavy atom. The van der Waals surface area contributed by atoms with Crippen LogP contribution in [-0.4, -0.2) is 53.2 Å². The molecule has 0 bridgehead atoms. The molecule has 152 valence electrons. The van der Waals surface area contributed by atoms with Crippen LogP contribution in [0.15, 0.2) is 4.52 Å². The lowest BCUT2D eigenvalue weighted by Crippen LogP contribution is -2.32. The van der Waals surface area contributed by atoms with Crippen LogP contribution in [0.25, 0.3) is 0 Å². The first-order valence-corrected chi connectivity index (χ1v) is 11.1. The number of carbonyl (C=O) groups excluding carboxylic acids is 1. The molecule has 0 radical (unpaired) electrons. The van der Waals surface area contributed by atoms with E-state index in [1.165, 1.54) is 32.1 Å². The standard InChI is InChI=1S/C17H27N3O6S/c1-20(27(2,24)25)17(23)15-18-16(26-19-15)13(11-14(21)22)10-6-9-12-7-4-3-5-8-12/h12-13H,3-11H2,1-2H3,(H,21,22). The SMILES string of the molecule is CN(C(=O)c1noc(C(CCCC2CCCCC2)CC(=O)O)n1)S(C)(=O)=O. The van der Waals surface area contributed by atoms with E-state index in [0.29, 0.717) is 16.6 Å². The molecule has 27 heavy (non-hydrogen) atoms. The van der Waals surface area contributed by atoms with E-state index in [-0.39, 0.29) is 18.1 Å². The fourth-order valence-corrected chi connectivity index (χ4v) is 3.81. The van der Waals surface area contributed by atoms with Crippen LogP contribution >= 0.6 is 0 Å². The predicted molar refractivity (Wildman–Crippen MR) is 96.7 cm³/mol. The molecule has 10 heteroatoms. The summed E-state index contributed by atoms with van der Waals surface area (Å²) in [6, 6.07) is 0. The van der Waals surface area contributed by atoms with Gasteiger partial charge in [-0.25, -0.2) is 12.7 Å². The number of carboxylic acid groups (broad SMARTS) is 1. The number of sulfonamides is 1. The molecule has 9 nitrogen and oxygen atoms in total. The fraction of sp³-hybridized carbons (Fsp3) is 0.765. The number of rotatable bonds is 9. The smallest absolute Gasteiger partial charge is 0.308 e. The van der Waals surface area contributed by atoms with E-state index in [4.69, 9.17) is 9.63 Å². The molecule has 1 aliphatic rings. The number of carbonyl (C=O) groups is 2. The summed E-state index contributed by atoms with van der Waals surface area (Å²) in [5, 5.41) is 12.7. The molecule has 1 amide bonds. The van der Waals surface area contributed by atoms with Crippen molar-refractivity contribution >= 4 is 21.9 Å². The third-order valence-corrected chi connectivity index (χ3v) is 6.24. The molecule has 1 aromatic heterocycles. The topological polar surface area (TPSA) is 131 Å². The molecule has 2 rings (SSSR count). The quantitative estimate of drug-likeness (QED) is 0.667. The zero-order chi connectivity index (χ0) is 20.0. The third-order valence-electron chi connectivity index (χ3n) is 5.08. The Labute approximate surface area is 159 Å². The normalized spacial score (nSPS) is 16.8. The van der Waals surface area contributed by atoms with Crippen molar-refractivity contribution in [3.63, 3.8) is 0 Å². The maximum absolute atomic E-state index is 12.1. The van der Waals surface area contributed by atoms with Gasteiger partial charge in [0.05, 0.1) is 12.7 Å². The zero-order valence-electron chi connectivity index (χ0n) is 15.8. The number of hydrogen-bond acceptors (Lipinski definition) is 7. The van der Waals surface area contributed by atoms with Gasteiger partial charge in [0.25, 0.3) is 5.82 Å². The van der Waals surface area contributed by atoms with E-state index in [2.05, 4.69) is 10.1 Å². The lowest BCUT2D eigenvalue weighted by molar-refractivity contribution is -0.137. The Morgan fingerprint density at radius 3 is 2.56 bits per heavy atom. The molecule has 1 unspecified atom stereocenters. The van der Waals surface area contributed by atoms with Gasteiger partial charge in [-0.05, 0) is 12.3 Å². The summed E-state index contributed by atoms with van der Waals surface area (Å²) in [4.78, 5) is 27.3. The molecular weight excluding hydrogens is 374 g/mol. The molecule has 1 aromatic rings. The van der Waals surface area contributed by atoms with Gasteiger partial charge < -0.3 is 9.63 Å². The van der Waals surface area contributed by atoms with Gasteiger partial charge in [-0.3, -0.25) is 9.59 Å². The van der Waals surface area contributed by atoms with Crippen LogP contribution in [0.2, 0.25) is 0 Å². The van der Waals surface area contributed by atoms with Gasteiger partial charge in [-0.1, -0.05) is 50.1 Å². The minimum atomic E-state index is -3.74. The molecule has 1 saturated carbocycles. The van der Waals surface area contributed by atoms with Crippen molar-refractivity contribution in [1.82, 2.24) is 14.4 Å². The van der Waals surface area contributed by atoms with Gasteiger partial charge in [0.2, 0.25) is 15.9 Å². The third kappa shape index (κ3) is 6.30. The Balaban J connectivity index is 2.02. The maximum atomic E-state index is 12.1. The summed E-state index contributed by atoms with van der Waals surface area (Å²) in [5.74, 6) is -2.04. The molecule has 1 heterocycles. The van der Waals surface area contributed by atoms with Gasteiger partial charge in [0, 0.05) is 13.0 Å². The van der Waals surface area contributed by atoms with Crippen molar-refractivity contribution in [3.8, 4) is 0 Å². The number of aromatic nitrogens is 2. The minimum Gasteiger partial charge on any atom is -0.481 e. The highest BCUT2D eigenvalue weighted by molar-refractivity contribution is 7.88. The van der Waals surface area contributed by atoms with Crippen molar-refractivity contribution in [2.75, 3.05) is 13.3 Å². The summed E-state index contributed by atoms with van der Waals surface area (Å²) in [6.45, 7) is 0. The summed E-state index contributed by atoms with van der Waals surface area (Å²) in [7, 11) is -2.64. The van der Waals surface area contributed by atoms with Crippen LogP contribution in [0, 0.1) is 5.92 Å². The van der Waals surface area contributed by atoms with Crippen molar-refractivity contribution in [2.45, 2.75) is 63.7 Å². The summed E-state index contributed by atoms with van der Waals surface area (Å²) in [5.41, 5.74) is 0. The Morgan fingerprint density at radius 1 is 1.30 bits per heavy atom. The van der Waals surface area contributed by atoms with Crippen LogP contribution in [0.3, 0.4) is 0 Å². The Bertz CT molecular complexity index is 754. The number of amides is 1. The highest BCUT2D eigenvalue weighted by Gasteiger charge is 2.28. The van der Waals surface area contributed by atoms with Crippen LogP contribution in [0.4, 0.5) is 0 Å². The first-order chi connectivity index (χ1) is 12.7. The molecule has 0 aromatic carbocycles. The highest BCUT2D eigenvalue weighted by atomic mass is 32.2. The maximum Gasteiger partial charge on any atom is 0.308 e. The van der Waals surface area contributed by atoms with Crippen molar-refractivity contribution < 1.29 is 27.6 Å². The predicted octanol–water partition coefficient (Wildman–Crippen LogP) is 2.41. The van der Waals surface area contributed by atoms with Crippen molar-refractivity contribution in [2.24, 2.45) is 5.92 Å². The second-order valence-corrected chi connectivity index (χ2v) is 9.24. The van der Waals surface area contributed by atoms with Crippen LogP contribution < -0.4 is 0 Å². The molecule has 1 atom stereocenters. The van der Waals surface area contributed by atoms with E-state index >= 15 is 0 Å². The van der Waals surface area contributed by atoms with Crippen LogP contribution in [0.5, 0.6) is 0 Å².